The van der Waals surface area contributed by atoms with Gasteiger partial charge in [-0.05, 0) is 32.6 Å². The number of H-pyrrole nitrogens is 1. The zero-order chi connectivity index (χ0) is 24.1. The molecule has 3 aromatic rings. The van der Waals surface area contributed by atoms with Gasteiger partial charge in [0.15, 0.2) is 17.2 Å². The van der Waals surface area contributed by atoms with E-state index in [2.05, 4.69) is 31.2 Å². The maximum atomic E-state index is 12.8. The Morgan fingerprint density at radius 3 is 2.71 bits per heavy atom. The van der Waals surface area contributed by atoms with E-state index in [-0.39, 0.29) is 23.8 Å². The van der Waals surface area contributed by atoms with Crippen LogP contribution in [0, 0.1) is 11.3 Å². The Bertz CT molecular complexity index is 1240. The van der Waals surface area contributed by atoms with Crippen molar-refractivity contribution in [3.63, 3.8) is 0 Å². The van der Waals surface area contributed by atoms with Crippen LogP contribution in [0.1, 0.15) is 38.3 Å². The third-order valence-corrected chi connectivity index (χ3v) is 7.36. The third kappa shape index (κ3) is 3.79. The van der Waals surface area contributed by atoms with Crippen molar-refractivity contribution in [2.75, 3.05) is 29.6 Å². The molecule has 10 nitrogen and oxygen atoms in total. The van der Waals surface area contributed by atoms with Crippen LogP contribution < -0.4 is 9.80 Å². The maximum absolute atomic E-state index is 12.8. The highest BCUT2D eigenvalue weighted by molar-refractivity contribution is 5.96. The molecular weight excluding hydrogens is 458 g/mol. The second-order valence-electron chi connectivity index (χ2n) is 9.43. The van der Waals surface area contributed by atoms with Gasteiger partial charge in [-0.15, -0.1) is 0 Å². The number of nitrogens with one attached hydrogen (secondary N) is 1. The number of morpholine rings is 1. The maximum Gasteiger partial charge on any atom is 0.345 e. The number of aromatic nitrogens is 5. The lowest BCUT2D eigenvalue weighted by molar-refractivity contribution is -0.168. The number of piperidine rings is 1. The summed E-state index contributed by atoms with van der Waals surface area (Å²) >= 11 is 0. The molecule has 3 aliphatic rings. The number of alkyl halides is 2. The van der Waals surface area contributed by atoms with Crippen molar-refractivity contribution >= 4 is 22.5 Å². The Morgan fingerprint density at radius 1 is 1.26 bits per heavy atom. The molecule has 35 heavy (non-hydrogen) atoms. The van der Waals surface area contributed by atoms with Gasteiger partial charge in [-0.3, -0.25) is 5.10 Å². The topological polar surface area (TPSA) is 108 Å². The standard InChI is InChI=1S/C23H26F2N8O2/c1-13-8-16(35-23(24)25)5-7-31(13)18-9-20(32-14-2-3-15(32)12-34-11-14)28-22-21(18)17(10-26)30-33(22)19-4-6-27-29-19/h4,6,9,13-16,23H,2-3,5,7-8,11-12H2,1H3,(H,27,29)/t13-,14?,15?,16+/m1/s1. The fourth-order valence-electron chi connectivity index (χ4n) is 5.81. The summed E-state index contributed by atoms with van der Waals surface area (Å²) in [6.45, 7) is 1.04. The molecule has 12 heteroatoms. The molecule has 6 rings (SSSR count). The molecule has 2 unspecified atom stereocenters. The number of pyridine rings is 1. The highest BCUT2D eigenvalue weighted by atomic mass is 19.3. The van der Waals surface area contributed by atoms with Crippen LogP contribution in [-0.4, -0.2) is 75.6 Å². The highest BCUT2D eigenvalue weighted by Gasteiger charge is 2.39. The molecule has 0 radical (unpaired) electrons. The van der Waals surface area contributed by atoms with E-state index < -0.39 is 12.7 Å². The zero-order valence-corrected chi connectivity index (χ0v) is 19.3. The molecule has 4 atom stereocenters. The Balaban J connectivity index is 1.49. The number of rotatable bonds is 5. The molecule has 6 heterocycles. The third-order valence-electron chi connectivity index (χ3n) is 7.36. The smallest absolute Gasteiger partial charge is 0.345 e. The summed E-state index contributed by atoms with van der Waals surface area (Å²) in [5.74, 6) is 1.42. The van der Waals surface area contributed by atoms with Gasteiger partial charge >= 0.3 is 6.61 Å². The van der Waals surface area contributed by atoms with Crippen molar-refractivity contribution in [3.05, 3.63) is 24.0 Å². The van der Waals surface area contributed by atoms with E-state index in [4.69, 9.17) is 14.5 Å². The molecule has 1 N–H and O–H groups in total. The van der Waals surface area contributed by atoms with Gasteiger partial charge in [0.05, 0.1) is 48.7 Å². The minimum Gasteiger partial charge on any atom is -0.377 e. The van der Waals surface area contributed by atoms with Crippen molar-refractivity contribution in [2.24, 2.45) is 0 Å². The number of anilines is 2. The molecule has 3 fully saturated rings. The lowest BCUT2D eigenvalue weighted by Gasteiger charge is -2.40. The number of nitrogens with zero attached hydrogens (tertiary/aromatic N) is 7. The number of halogens is 2. The van der Waals surface area contributed by atoms with Crippen molar-refractivity contribution in [1.82, 2.24) is 25.0 Å². The van der Waals surface area contributed by atoms with E-state index in [9.17, 15) is 14.0 Å². The van der Waals surface area contributed by atoms with Gasteiger partial charge in [0.1, 0.15) is 11.9 Å². The summed E-state index contributed by atoms with van der Waals surface area (Å²) in [7, 11) is 0. The van der Waals surface area contributed by atoms with Gasteiger partial charge in [-0.1, -0.05) is 0 Å². The van der Waals surface area contributed by atoms with E-state index in [0.717, 1.165) is 24.3 Å². The Hall–Kier alpha value is -3.30. The van der Waals surface area contributed by atoms with Crippen LogP contribution in [0.3, 0.4) is 0 Å². The highest BCUT2D eigenvalue weighted by Crippen LogP contribution is 2.40. The largest absolute Gasteiger partial charge is 0.377 e. The van der Waals surface area contributed by atoms with E-state index in [0.29, 0.717) is 49.5 Å². The Kier molecular flexibility index (Phi) is 5.53. The van der Waals surface area contributed by atoms with Crippen molar-refractivity contribution in [2.45, 2.75) is 63.4 Å². The normalized spacial score (nSPS) is 26.6. The van der Waals surface area contributed by atoms with Crippen LogP contribution in [0.15, 0.2) is 18.3 Å². The molecule has 184 valence electrons. The first-order valence-electron chi connectivity index (χ1n) is 11.9. The van der Waals surface area contributed by atoms with Gasteiger partial charge in [0, 0.05) is 24.7 Å². The first kappa shape index (κ1) is 22.2. The number of aromatic amines is 1. The van der Waals surface area contributed by atoms with Crippen molar-refractivity contribution < 1.29 is 18.3 Å². The Labute approximate surface area is 200 Å². The minimum atomic E-state index is -2.78. The number of fused-ring (bicyclic) bond motifs is 3. The fourth-order valence-corrected chi connectivity index (χ4v) is 5.81. The predicted molar refractivity (Wildman–Crippen MR) is 123 cm³/mol. The van der Waals surface area contributed by atoms with E-state index in [1.54, 1.807) is 16.9 Å². The van der Waals surface area contributed by atoms with E-state index in [1.807, 2.05) is 13.0 Å². The van der Waals surface area contributed by atoms with E-state index >= 15 is 0 Å². The summed E-state index contributed by atoms with van der Waals surface area (Å²) in [6.07, 6.45) is 4.12. The minimum absolute atomic E-state index is 0.0746. The molecule has 0 saturated carbocycles. The van der Waals surface area contributed by atoms with Crippen LogP contribution in [0.5, 0.6) is 0 Å². The van der Waals surface area contributed by atoms with Crippen molar-refractivity contribution in [3.8, 4) is 11.9 Å². The summed E-state index contributed by atoms with van der Waals surface area (Å²) in [4.78, 5) is 9.52. The van der Waals surface area contributed by atoms with Crippen molar-refractivity contribution in [1.29, 1.82) is 5.26 Å². The second kappa shape index (κ2) is 8.73. The molecule has 0 amide bonds. The average Bonchev–Trinajstić information content (AvgIpc) is 3.54. The van der Waals surface area contributed by atoms with Gasteiger partial charge in [0.2, 0.25) is 0 Å². The molecular formula is C23H26F2N8O2. The van der Waals surface area contributed by atoms with Crippen LogP contribution in [0.25, 0.3) is 16.9 Å². The Morgan fingerprint density at radius 2 is 2.06 bits per heavy atom. The number of hydrogen-bond acceptors (Lipinski definition) is 8. The summed E-state index contributed by atoms with van der Waals surface area (Å²) in [6, 6.07) is 6.44. The van der Waals surface area contributed by atoms with Crippen LogP contribution in [0.4, 0.5) is 20.3 Å². The summed E-state index contributed by atoms with van der Waals surface area (Å²) in [5.41, 5.74) is 1.65. The van der Waals surface area contributed by atoms with Gasteiger partial charge in [-0.2, -0.15) is 28.9 Å². The van der Waals surface area contributed by atoms with Crippen LogP contribution in [0.2, 0.25) is 0 Å². The zero-order valence-electron chi connectivity index (χ0n) is 19.3. The molecule has 3 saturated heterocycles. The second-order valence-corrected chi connectivity index (χ2v) is 9.43. The van der Waals surface area contributed by atoms with E-state index in [1.165, 1.54) is 0 Å². The van der Waals surface area contributed by atoms with Gasteiger partial charge < -0.3 is 19.3 Å². The lowest BCUT2D eigenvalue weighted by Crippen LogP contribution is -2.47. The molecule has 3 aromatic heterocycles. The molecule has 0 spiro atoms. The molecule has 2 bridgehead atoms. The predicted octanol–water partition coefficient (Wildman–Crippen LogP) is 2.98. The summed E-state index contributed by atoms with van der Waals surface area (Å²) < 4.78 is 37.9. The number of nitriles is 1. The molecule has 0 aliphatic carbocycles. The number of hydrogen-bond donors (Lipinski definition) is 1. The quantitative estimate of drug-likeness (QED) is 0.589. The summed E-state index contributed by atoms with van der Waals surface area (Å²) in [5, 5.41) is 22.1. The SMILES string of the molecule is C[C@@H]1C[C@@H](OC(F)F)CCN1c1cc(N2C3CCC2COC3)nc2c1c(C#N)nn2-c1ccn[nH]1. The van der Waals surface area contributed by atoms with Crippen LogP contribution in [-0.2, 0) is 9.47 Å². The first-order chi connectivity index (χ1) is 17.0. The molecule has 3 aliphatic heterocycles. The van der Waals surface area contributed by atoms with Gasteiger partial charge in [-0.25, -0.2) is 4.98 Å². The first-order valence-corrected chi connectivity index (χ1v) is 11.9. The van der Waals surface area contributed by atoms with Gasteiger partial charge in [0.25, 0.3) is 0 Å². The monoisotopic (exact) mass is 484 g/mol. The van der Waals surface area contributed by atoms with Crippen LogP contribution >= 0.6 is 0 Å². The number of ether oxygens (including phenoxy) is 2. The fraction of sp³-hybridized carbons (Fsp3) is 0.565. The average molecular weight is 485 g/mol. The lowest BCUT2D eigenvalue weighted by atomic mass is 9.99. The molecule has 0 aromatic carbocycles.